The van der Waals surface area contributed by atoms with Crippen LogP contribution >= 0.6 is 0 Å². The fourth-order valence-corrected chi connectivity index (χ4v) is 1.77. The van der Waals surface area contributed by atoms with Crippen molar-refractivity contribution in [1.82, 2.24) is 0 Å². The van der Waals surface area contributed by atoms with Gasteiger partial charge in [0.15, 0.2) is 11.5 Å². The van der Waals surface area contributed by atoms with Crippen LogP contribution in [0.25, 0.3) is 0 Å². The predicted octanol–water partition coefficient (Wildman–Crippen LogP) is 1.92. The van der Waals surface area contributed by atoms with Crippen LogP contribution in [0.2, 0.25) is 0 Å². The van der Waals surface area contributed by atoms with Gasteiger partial charge in [0.1, 0.15) is 6.04 Å². The Morgan fingerprint density at radius 1 is 1.30 bits per heavy atom. The van der Waals surface area contributed by atoms with Gasteiger partial charge in [0.2, 0.25) is 0 Å². The summed E-state index contributed by atoms with van der Waals surface area (Å²) in [6.07, 6.45) is 2.48. The smallest absolute Gasteiger partial charge is 0.322 e. The Kier molecular flexibility index (Phi) is 6.87. The molecule has 0 amide bonds. The molecule has 0 saturated carbocycles. The number of carbonyl (C=O) groups is 1. The molecule has 0 fully saturated rings. The molecule has 0 aromatic heterocycles. The molecule has 0 aliphatic heterocycles. The van der Waals surface area contributed by atoms with Gasteiger partial charge in [-0.25, -0.2) is 0 Å². The number of carbonyl (C=O) groups excluding carboxylic acids is 1. The highest BCUT2D eigenvalue weighted by Gasteiger charge is 2.15. The van der Waals surface area contributed by atoms with Crippen LogP contribution in [0.3, 0.4) is 0 Å². The minimum absolute atomic E-state index is 0.401. The van der Waals surface area contributed by atoms with E-state index in [4.69, 9.17) is 15.2 Å². The molecule has 112 valence electrons. The van der Waals surface area contributed by atoms with Crippen molar-refractivity contribution in [1.29, 1.82) is 0 Å². The number of nitrogens with two attached hydrogens (primary N) is 1. The second-order valence-electron chi connectivity index (χ2n) is 4.52. The number of rotatable bonds is 8. The first-order valence-electron chi connectivity index (χ1n) is 6.75. The van der Waals surface area contributed by atoms with Gasteiger partial charge in [-0.1, -0.05) is 19.4 Å². The molecule has 1 aromatic carbocycles. The van der Waals surface area contributed by atoms with E-state index in [1.807, 2.05) is 18.2 Å². The van der Waals surface area contributed by atoms with E-state index in [9.17, 15) is 4.79 Å². The first-order valence-corrected chi connectivity index (χ1v) is 6.75. The van der Waals surface area contributed by atoms with Crippen molar-refractivity contribution in [3.05, 3.63) is 23.8 Å². The second-order valence-corrected chi connectivity index (χ2v) is 4.52. The number of methoxy groups -OCH3 is 2. The van der Waals surface area contributed by atoms with Crippen molar-refractivity contribution in [3.63, 3.8) is 0 Å². The highest BCUT2D eigenvalue weighted by Crippen LogP contribution is 2.28. The van der Waals surface area contributed by atoms with Crippen LogP contribution in [-0.2, 0) is 16.0 Å². The van der Waals surface area contributed by atoms with Gasteiger partial charge in [-0.15, -0.1) is 0 Å². The Bertz CT molecular complexity index is 434. The molecule has 0 aliphatic rings. The molecule has 1 unspecified atom stereocenters. The summed E-state index contributed by atoms with van der Waals surface area (Å²) in [7, 11) is 2.92. The number of hydrogen-bond donors (Lipinski definition) is 1. The largest absolute Gasteiger partial charge is 0.493 e. The van der Waals surface area contributed by atoms with E-state index in [0.717, 1.165) is 18.4 Å². The van der Waals surface area contributed by atoms with Gasteiger partial charge < -0.3 is 19.9 Å². The quantitative estimate of drug-likeness (QED) is 0.582. The van der Waals surface area contributed by atoms with Crippen LogP contribution in [0.4, 0.5) is 0 Å². The SMILES string of the molecule is CCCCOc1ccc(CC(N)C(=O)OC)cc1OC. The van der Waals surface area contributed by atoms with Crippen LogP contribution in [0.5, 0.6) is 11.5 Å². The lowest BCUT2D eigenvalue weighted by Crippen LogP contribution is -2.33. The topological polar surface area (TPSA) is 70.8 Å². The van der Waals surface area contributed by atoms with E-state index in [-0.39, 0.29) is 0 Å². The molecule has 0 aliphatic carbocycles. The molecule has 0 spiro atoms. The fraction of sp³-hybridized carbons (Fsp3) is 0.533. The molecule has 2 N–H and O–H groups in total. The Labute approximate surface area is 120 Å². The lowest BCUT2D eigenvalue weighted by atomic mass is 10.1. The van der Waals surface area contributed by atoms with Gasteiger partial charge in [-0.3, -0.25) is 4.79 Å². The number of unbranched alkanes of at least 4 members (excludes halogenated alkanes) is 1. The van der Waals surface area contributed by atoms with Gasteiger partial charge in [-0.2, -0.15) is 0 Å². The summed E-state index contributed by atoms with van der Waals surface area (Å²) in [5.41, 5.74) is 6.65. The molecule has 1 aromatic rings. The summed E-state index contributed by atoms with van der Waals surface area (Å²) in [4.78, 5) is 11.3. The average Bonchev–Trinajstić information content (AvgIpc) is 2.47. The third-order valence-corrected chi connectivity index (χ3v) is 2.94. The van der Waals surface area contributed by atoms with Crippen molar-refractivity contribution in [3.8, 4) is 11.5 Å². The zero-order chi connectivity index (χ0) is 15.0. The summed E-state index contributed by atoms with van der Waals surface area (Å²) in [6.45, 7) is 2.77. The zero-order valence-electron chi connectivity index (χ0n) is 12.3. The van der Waals surface area contributed by atoms with E-state index >= 15 is 0 Å². The molecular weight excluding hydrogens is 258 g/mol. The van der Waals surface area contributed by atoms with Crippen LogP contribution in [0.15, 0.2) is 18.2 Å². The monoisotopic (exact) mass is 281 g/mol. The first kappa shape index (κ1) is 16.3. The maximum absolute atomic E-state index is 11.3. The highest BCUT2D eigenvalue weighted by molar-refractivity contribution is 5.75. The maximum atomic E-state index is 11.3. The molecule has 0 bridgehead atoms. The molecule has 1 atom stereocenters. The second kappa shape index (κ2) is 8.43. The van der Waals surface area contributed by atoms with E-state index in [1.165, 1.54) is 7.11 Å². The fourth-order valence-electron chi connectivity index (χ4n) is 1.77. The van der Waals surface area contributed by atoms with Crippen LogP contribution in [0.1, 0.15) is 25.3 Å². The van der Waals surface area contributed by atoms with Crippen LogP contribution < -0.4 is 15.2 Å². The average molecular weight is 281 g/mol. The first-order chi connectivity index (χ1) is 9.62. The summed E-state index contributed by atoms with van der Waals surface area (Å²) in [5, 5.41) is 0. The van der Waals surface area contributed by atoms with Gasteiger partial charge >= 0.3 is 5.97 Å². The summed E-state index contributed by atoms with van der Waals surface area (Å²) in [6, 6.07) is 4.89. The molecule has 0 saturated heterocycles. The third kappa shape index (κ3) is 4.74. The number of benzene rings is 1. The standard InChI is InChI=1S/C15H23NO4/c1-4-5-8-20-13-7-6-11(10-14(13)18-2)9-12(16)15(17)19-3/h6-7,10,12H,4-5,8-9,16H2,1-3H3. The highest BCUT2D eigenvalue weighted by atomic mass is 16.5. The Balaban J connectivity index is 2.73. The minimum atomic E-state index is -0.670. The van der Waals surface area contributed by atoms with Crippen molar-refractivity contribution in [2.45, 2.75) is 32.2 Å². The Morgan fingerprint density at radius 3 is 2.65 bits per heavy atom. The predicted molar refractivity (Wildman–Crippen MR) is 77.1 cm³/mol. The summed E-state index contributed by atoms with van der Waals surface area (Å²) < 4.78 is 15.6. The van der Waals surface area contributed by atoms with Crippen LogP contribution in [-0.4, -0.2) is 32.8 Å². The van der Waals surface area contributed by atoms with E-state index in [0.29, 0.717) is 24.5 Å². The molecule has 5 heteroatoms. The molecule has 1 rings (SSSR count). The third-order valence-electron chi connectivity index (χ3n) is 2.94. The zero-order valence-corrected chi connectivity index (χ0v) is 12.3. The number of ether oxygens (including phenoxy) is 3. The molecule has 0 radical (unpaired) electrons. The van der Waals surface area contributed by atoms with E-state index in [2.05, 4.69) is 11.7 Å². The van der Waals surface area contributed by atoms with Crippen molar-refractivity contribution in [2.75, 3.05) is 20.8 Å². The minimum Gasteiger partial charge on any atom is -0.493 e. The van der Waals surface area contributed by atoms with Gasteiger partial charge in [0.25, 0.3) is 0 Å². The van der Waals surface area contributed by atoms with Crippen LogP contribution in [0, 0.1) is 0 Å². The van der Waals surface area contributed by atoms with Crippen molar-refractivity contribution in [2.24, 2.45) is 5.73 Å². The van der Waals surface area contributed by atoms with E-state index in [1.54, 1.807) is 7.11 Å². The number of hydrogen-bond acceptors (Lipinski definition) is 5. The Morgan fingerprint density at radius 2 is 2.05 bits per heavy atom. The van der Waals surface area contributed by atoms with Gasteiger partial charge in [0.05, 0.1) is 20.8 Å². The maximum Gasteiger partial charge on any atom is 0.322 e. The molecule has 5 nitrogen and oxygen atoms in total. The lowest BCUT2D eigenvalue weighted by Gasteiger charge is -2.13. The molecule has 0 heterocycles. The number of esters is 1. The summed E-state index contributed by atoms with van der Waals surface area (Å²) >= 11 is 0. The molecule has 20 heavy (non-hydrogen) atoms. The van der Waals surface area contributed by atoms with Crippen molar-refractivity contribution < 1.29 is 19.0 Å². The van der Waals surface area contributed by atoms with E-state index < -0.39 is 12.0 Å². The lowest BCUT2D eigenvalue weighted by molar-refractivity contribution is -0.142. The Hall–Kier alpha value is -1.75. The van der Waals surface area contributed by atoms with Gasteiger partial charge in [0, 0.05) is 0 Å². The normalized spacial score (nSPS) is 11.8. The van der Waals surface area contributed by atoms with Gasteiger partial charge in [-0.05, 0) is 30.5 Å². The molecular formula is C15H23NO4. The summed E-state index contributed by atoms with van der Waals surface area (Å²) in [5.74, 6) is 0.930. The van der Waals surface area contributed by atoms with Crippen molar-refractivity contribution >= 4 is 5.97 Å².